The van der Waals surface area contributed by atoms with Crippen LogP contribution in [0.1, 0.15) is 48.7 Å². The maximum absolute atomic E-state index is 12.8. The second kappa shape index (κ2) is 9.57. The molecular formula is C22H24N4O6S. The van der Waals surface area contributed by atoms with Crippen LogP contribution in [0.5, 0.6) is 5.75 Å². The van der Waals surface area contributed by atoms with Crippen molar-refractivity contribution < 1.29 is 28.7 Å². The summed E-state index contributed by atoms with van der Waals surface area (Å²) >= 11 is 1.48. The molecule has 0 radical (unpaired) electrons. The van der Waals surface area contributed by atoms with Gasteiger partial charge in [-0.1, -0.05) is 6.92 Å². The average molecular weight is 473 g/mol. The van der Waals surface area contributed by atoms with E-state index in [0.717, 1.165) is 18.5 Å². The molecule has 11 heteroatoms. The van der Waals surface area contributed by atoms with E-state index in [0.29, 0.717) is 36.1 Å². The number of aromatic nitrogens is 1. The smallest absolute Gasteiger partial charge is 0.344 e. The second-order valence-electron chi connectivity index (χ2n) is 8.24. The number of carbonyl (C=O) groups is 4. The van der Waals surface area contributed by atoms with Crippen LogP contribution in [-0.4, -0.2) is 46.0 Å². The molecular weight excluding hydrogens is 448 g/mol. The van der Waals surface area contributed by atoms with Crippen molar-refractivity contribution in [3.63, 3.8) is 0 Å². The van der Waals surface area contributed by atoms with Crippen LogP contribution in [0.2, 0.25) is 0 Å². The van der Waals surface area contributed by atoms with E-state index in [1.807, 2.05) is 5.38 Å². The molecule has 174 valence electrons. The third-order valence-electron chi connectivity index (χ3n) is 5.82. The molecule has 2 fully saturated rings. The standard InChI is InChI=1S/C22H24N4O6S/c1-14-6-8-22(9-7-14)20(29)26(21(30)24-22)25-18(27)11-32-19(28)15-2-4-17(5-3-15)31-10-16-12-33-13-23-16/h2-5,12-14H,6-11H2,1H3,(H,24,30)(H,25,27). The summed E-state index contributed by atoms with van der Waals surface area (Å²) in [6.45, 7) is 1.78. The number of hydrogen-bond donors (Lipinski definition) is 2. The number of carbonyl (C=O) groups excluding carboxylic acids is 4. The van der Waals surface area contributed by atoms with Gasteiger partial charge in [-0.2, -0.15) is 5.01 Å². The van der Waals surface area contributed by atoms with E-state index < -0.39 is 36.0 Å². The molecule has 4 amide bonds. The van der Waals surface area contributed by atoms with Crippen molar-refractivity contribution in [3.05, 3.63) is 46.4 Å². The van der Waals surface area contributed by atoms with Crippen molar-refractivity contribution >= 4 is 35.2 Å². The summed E-state index contributed by atoms with van der Waals surface area (Å²) in [5.41, 5.74) is 4.03. The van der Waals surface area contributed by atoms with Crippen molar-refractivity contribution in [1.82, 2.24) is 20.7 Å². The third-order valence-corrected chi connectivity index (χ3v) is 6.46. The lowest BCUT2D eigenvalue weighted by atomic mass is 9.77. The van der Waals surface area contributed by atoms with Crippen LogP contribution in [0.3, 0.4) is 0 Å². The minimum atomic E-state index is -0.961. The lowest BCUT2D eigenvalue weighted by molar-refractivity contribution is -0.141. The zero-order valence-electron chi connectivity index (χ0n) is 18.0. The highest BCUT2D eigenvalue weighted by Crippen LogP contribution is 2.35. The minimum absolute atomic E-state index is 0.231. The molecule has 2 N–H and O–H groups in total. The number of hydrogen-bond acceptors (Lipinski definition) is 8. The molecule has 1 aromatic carbocycles. The van der Waals surface area contributed by atoms with Crippen LogP contribution < -0.4 is 15.5 Å². The summed E-state index contributed by atoms with van der Waals surface area (Å²) in [7, 11) is 0. The van der Waals surface area contributed by atoms with Gasteiger partial charge in [0.2, 0.25) is 0 Å². The Morgan fingerprint density at radius 2 is 1.97 bits per heavy atom. The molecule has 2 aromatic rings. The van der Waals surface area contributed by atoms with Gasteiger partial charge in [-0.05, 0) is 55.9 Å². The van der Waals surface area contributed by atoms with Crippen molar-refractivity contribution in [3.8, 4) is 5.75 Å². The Balaban J connectivity index is 1.25. The number of amides is 4. The molecule has 2 heterocycles. The van der Waals surface area contributed by atoms with Crippen molar-refractivity contribution in [1.29, 1.82) is 0 Å². The maximum Gasteiger partial charge on any atom is 0.344 e. The first-order valence-corrected chi connectivity index (χ1v) is 11.5. The first-order chi connectivity index (χ1) is 15.9. The van der Waals surface area contributed by atoms with Crippen molar-refractivity contribution in [2.45, 2.75) is 44.8 Å². The zero-order chi connectivity index (χ0) is 23.4. The fourth-order valence-electron chi connectivity index (χ4n) is 3.84. The Morgan fingerprint density at radius 3 is 2.64 bits per heavy atom. The number of imide groups is 1. The van der Waals surface area contributed by atoms with Crippen molar-refractivity contribution in [2.24, 2.45) is 5.92 Å². The Labute approximate surface area is 194 Å². The molecule has 1 saturated heterocycles. The van der Waals surface area contributed by atoms with Gasteiger partial charge in [-0.3, -0.25) is 15.0 Å². The van der Waals surface area contributed by atoms with Crippen LogP contribution in [0.15, 0.2) is 35.2 Å². The molecule has 33 heavy (non-hydrogen) atoms. The van der Waals surface area contributed by atoms with Gasteiger partial charge in [-0.15, -0.1) is 11.3 Å². The topological polar surface area (TPSA) is 127 Å². The summed E-state index contributed by atoms with van der Waals surface area (Å²) in [5.74, 6) is -0.932. The van der Waals surface area contributed by atoms with Gasteiger partial charge in [0, 0.05) is 5.38 Å². The summed E-state index contributed by atoms with van der Waals surface area (Å²) in [4.78, 5) is 53.6. The number of thiazole rings is 1. The predicted molar refractivity (Wildman–Crippen MR) is 117 cm³/mol. The van der Waals surface area contributed by atoms with E-state index in [-0.39, 0.29) is 5.56 Å². The highest BCUT2D eigenvalue weighted by Gasteiger charge is 2.52. The van der Waals surface area contributed by atoms with E-state index in [4.69, 9.17) is 9.47 Å². The molecule has 1 aliphatic carbocycles. The molecule has 0 atom stereocenters. The number of rotatable bonds is 7. The molecule has 2 aliphatic rings. The van der Waals surface area contributed by atoms with E-state index in [1.165, 1.54) is 23.5 Å². The third kappa shape index (κ3) is 5.14. The lowest BCUT2D eigenvalue weighted by Gasteiger charge is -2.33. The average Bonchev–Trinajstić information content (AvgIpc) is 3.41. The predicted octanol–water partition coefficient (Wildman–Crippen LogP) is 2.41. The molecule has 1 aliphatic heterocycles. The number of urea groups is 1. The number of benzene rings is 1. The number of ether oxygens (including phenoxy) is 2. The van der Waals surface area contributed by atoms with Gasteiger partial charge in [0.05, 0.1) is 16.8 Å². The van der Waals surface area contributed by atoms with Crippen LogP contribution in [-0.2, 0) is 20.9 Å². The quantitative estimate of drug-likeness (QED) is 0.468. The molecule has 10 nitrogen and oxygen atoms in total. The van der Waals surface area contributed by atoms with Gasteiger partial charge >= 0.3 is 12.0 Å². The van der Waals surface area contributed by atoms with E-state index >= 15 is 0 Å². The monoisotopic (exact) mass is 472 g/mol. The van der Waals surface area contributed by atoms with Gasteiger partial charge in [0.15, 0.2) is 6.61 Å². The number of hydrazine groups is 1. The minimum Gasteiger partial charge on any atom is -0.487 e. The molecule has 1 aromatic heterocycles. The SMILES string of the molecule is CC1CCC2(CC1)NC(=O)N(NC(=O)COC(=O)c1ccc(OCc3cscn3)cc1)C2=O. The van der Waals surface area contributed by atoms with E-state index in [2.05, 4.69) is 22.7 Å². The van der Waals surface area contributed by atoms with Gasteiger partial charge in [0.25, 0.3) is 11.8 Å². The Kier molecular flexibility index (Phi) is 6.59. The highest BCUT2D eigenvalue weighted by atomic mass is 32.1. The maximum atomic E-state index is 12.8. The summed E-state index contributed by atoms with van der Waals surface area (Å²) < 4.78 is 10.6. The summed E-state index contributed by atoms with van der Waals surface area (Å²) in [5, 5.41) is 5.27. The summed E-state index contributed by atoms with van der Waals surface area (Å²) in [6.07, 6.45) is 2.70. The van der Waals surface area contributed by atoms with Gasteiger partial charge < -0.3 is 14.8 Å². The Hall–Kier alpha value is -3.47. The number of esters is 1. The van der Waals surface area contributed by atoms with E-state index in [9.17, 15) is 19.2 Å². The van der Waals surface area contributed by atoms with Crippen LogP contribution >= 0.6 is 11.3 Å². The fourth-order valence-corrected chi connectivity index (χ4v) is 4.38. The zero-order valence-corrected chi connectivity index (χ0v) is 18.9. The molecule has 0 unspecified atom stereocenters. The lowest BCUT2D eigenvalue weighted by Crippen LogP contribution is -2.52. The van der Waals surface area contributed by atoms with Crippen LogP contribution in [0.25, 0.3) is 0 Å². The Morgan fingerprint density at radius 1 is 1.24 bits per heavy atom. The largest absolute Gasteiger partial charge is 0.487 e. The first-order valence-electron chi connectivity index (χ1n) is 10.6. The van der Waals surface area contributed by atoms with Crippen LogP contribution in [0, 0.1) is 5.92 Å². The van der Waals surface area contributed by atoms with Gasteiger partial charge in [-0.25, -0.2) is 14.6 Å². The first kappa shape index (κ1) is 22.7. The van der Waals surface area contributed by atoms with Gasteiger partial charge in [0.1, 0.15) is 17.9 Å². The molecule has 1 spiro atoms. The Bertz CT molecular complexity index is 1030. The van der Waals surface area contributed by atoms with Crippen molar-refractivity contribution in [2.75, 3.05) is 6.61 Å². The number of nitrogens with one attached hydrogen (secondary N) is 2. The van der Waals surface area contributed by atoms with E-state index in [1.54, 1.807) is 17.6 Å². The highest BCUT2D eigenvalue weighted by molar-refractivity contribution is 7.07. The fraction of sp³-hybridized carbons (Fsp3) is 0.409. The normalized spacial score (nSPS) is 22.2. The second-order valence-corrected chi connectivity index (χ2v) is 8.96. The number of nitrogens with zero attached hydrogens (tertiary/aromatic N) is 2. The molecule has 1 saturated carbocycles. The molecule has 0 bridgehead atoms. The summed E-state index contributed by atoms with van der Waals surface area (Å²) in [6, 6.07) is 5.58. The van der Waals surface area contributed by atoms with Crippen LogP contribution in [0.4, 0.5) is 4.79 Å². The molecule has 4 rings (SSSR count).